The second-order valence-corrected chi connectivity index (χ2v) is 6.58. The molecule has 0 spiro atoms. The van der Waals surface area contributed by atoms with Crippen molar-refractivity contribution in [1.29, 1.82) is 0 Å². The van der Waals surface area contributed by atoms with E-state index in [0.717, 1.165) is 36.3 Å². The highest BCUT2D eigenvalue weighted by molar-refractivity contribution is 9.10. The standard InChI is InChI=1S/C15H21BrClNO2/c1-11-9-18(10-12(2)20-11)6-3-7-19-15-5-4-13(17)8-14(15)16/h4-5,8,11-12H,3,6-7,9-10H2,1-2H3/t11-,12+. The van der Waals surface area contributed by atoms with Crippen LogP contribution in [0.5, 0.6) is 5.75 Å². The van der Waals surface area contributed by atoms with Gasteiger partial charge in [0.15, 0.2) is 0 Å². The molecule has 2 rings (SSSR count). The van der Waals surface area contributed by atoms with Gasteiger partial charge in [0.1, 0.15) is 5.75 Å². The van der Waals surface area contributed by atoms with Gasteiger partial charge < -0.3 is 9.47 Å². The Hall–Kier alpha value is -0.290. The molecule has 0 aliphatic carbocycles. The van der Waals surface area contributed by atoms with Crippen molar-refractivity contribution >= 4 is 27.5 Å². The van der Waals surface area contributed by atoms with E-state index in [0.29, 0.717) is 23.8 Å². The Bertz CT molecular complexity index is 434. The number of hydrogen-bond acceptors (Lipinski definition) is 3. The van der Waals surface area contributed by atoms with Crippen LogP contribution in [0, 0.1) is 0 Å². The molecule has 1 aromatic rings. The van der Waals surface area contributed by atoms with Gasteiger partial charge in [-0.05, 0) is 54.4 Å². The second kappa shape index (κ2) is 7.64. The van der Waals surface area contributed by atoms with Gasteiger partial charge in [-0.15, -0.1) is 0 Å². The molecule has 0 bridgehead atoms. The molecule has 3 nitrogen and oxygen atoms in total. The maximum Gasteiger partial charge on any atom is 0.133 e. The van der Waals surface area contributed by atoms with Crippen molar-refractivity contribution in [2.75, 3.05) is 26.2 Å². The highest BCUT2D eigenvalue weighted by Gasteiger charge is 2.21. The largest absolute Gasteiger partial charge is 0.492 e. The average molecular weight is 363 g/mol. The van der Waals surface area contributed by atoms with Crippen LogP contribution in [0.3, 0.4) is 0 Å². The fourth-order valence-electron chi connectivity index (χ4n) is 2.53. The molecule has 20 heavy (non-hydrogen) atoms. The number of morpholine rings is 1. The van der Waals surface area contributed by atoms with Crippen molar-refractivity contribution in [2.24, 2.45) is 0 Å². The molecule has 0 unspecified atom stereocenters. The zero-order valence-corrected chi connectivity index (χ0v) is 14.3. The Morgan fingerprint density at radius 2 is 2.05 bits per heavy atom. The fraction of sp³-hybridized carbons (Fsp3) is 0.600. The van der Waals surface area contributed by atoms with E-state index in [9.17, 15) is 0 Å². The Balaban J connectivity index is 1.71. The molecule has 1 aliphatic heterocycles. The molecular weight excluding hydrogens is 342 g/mol. The van der Waals surface area contributed by atoms with Crippen LogP contribution in [0.1, 0.15) is 20.3 Å². The van der Waals surface area contributed by atoms with Crippen molar-refractivity contribution in [3.8, 4) is 5.75 Å². The molecule has 1 aliphatic rings. The molecular formula is C15H21BrClNO2. The van der Waals surface area contributed by atoms with Crippen LogP contribution in [-0.4, -0.2) is 43.3 Å². The molecule has 2 atom stereocenters. The van der Waals surface area contributed by atoms with Crippen molar-refractivity contribution < 1.29 is 9.47 Å². The average Bonchev–Trinajstić information content (AvgIpc) is 2.35. The maximum absolute atomic E-state index is 5.90. The first-order valence-electron chi connectivity index (χ1n) is 7.00. The third-order valence-corrected chi connectivity index (χ3v) is 4.12. The number of hydrogen-bond donors (Lipinski definition) is 0. The number of ether oxygens (including phenoxy) is 2. The molecule has 0 N–H and O–H groups in total. The lowest BCUT2D eigenvalue weighted by molar-refractivity contribution is -0.0686. The van der Waals surface area contributed by atoms with E-state index in [2.05, 4.69) is 34.7 Å². The number of halogens is 2. The third-order valence-electron chi connectivity index (χ3n) is 3.27. The first kappa shape index (κ1) is 16.1. The van der Waals surface area contributed by atoms with Gasteiger partial charge in [0.25, 0.3) is 0 Å². The predicted molar refractivity (Wildman–Crippen MR) is 85.7 cm³/mol. The van der Waals surface area contributed by atoms with E-state index in [1.165, 1.54) is 0 Å². The van der Waals surface area contributed by atoms with Crippen LogP contribution >= 0.6 is 27.5 Å². The van der Waals surface area contributed by atoms with E-state index >= 15 is 0 Å². The first-order valence-corrected chi connectivity index (χ1v) is 8.17. The van der Waals surface area contributed by atoms with Gasteiger partial charge in [-0.1, -0.05) is 11.6 Å². The lowest BCUT2D eigenvalue weighted by Gasteiger charge is -2.35. The quantitative estimate of drug-likeness (QED) is 0.740. The summed E-state index contributed by atoms with van der Waals surface area (Å²) in [4.78, 5) is 2.44. The fourth-order valence-corrected chi connectivity index (χ4v) is 3.33. The zero-order chi connectivity index (χ0) is 14.5. The molecule has 0 radical (unpaired) electrons. The molecule has 112 valence electrons. The van der Waals surface area contributed by atoms with E-state index in [1.54, 1.807) is 0 Å². The minimum atomic E-state index is 0.324. The summed E-state index contributed by atoms with van der Waals surface area (Å²) < 4.78 is 12.4. The van der Waals surface area contributed by atoms with Gasteiger partial charge in [0.2, 0.25) is 0 Å². The monoisotopic (exact) mass is 361 g/mol. The summed E-state index contributed by atoms with van der Waals surface area (Å²) in [6, 6.07) is 5.58. The number of rotatable bonds is 5. The summed E-state index contributed by atoms with van der Waals surface area (Å²) in [5.74, 6) is 0.845. The molecule has 0 saturated carbocycles. The summed E-state index contributed by atoms with van der Waals surface area (Å²) in [7, 11) is 0. The van der Waals surface area contributed by atoms with Crippen LogP contribution in [0.15, 0.2) is 22.7 Å². The first-order chi connectivity index (χ1) is 9.54. The third kappa shape index (κ3) is 4.92. The molecule has 1 fully saturated rings. The minimum Gasteiger partial charge on any atom is -0.492 e. The van der Waals surface area contributed by atoms with Crippen molar-refractivity contribution in [3.05, 3.63) is 27.7 Å². The maximum atomic E-state index is 5.90. The van der Waals surface area contributed by atoms with Crippen LogP contribution in [0.4, 0.5) is 0 Å². The summed E-state index contributed by atoms with van der Waals surface area (Å²) in [6.45, 7) is 8.03. The lowest BCUT2D eigenvalue weighted by atomic mass is 10.2. The van der Waals surface area contributed by atoms with Gasteiger partial charge in [-0.25, -0.2) is 0 Å². The van der Waals surface area contributed by atoms with Gasteiger partial charge in [-0.2, -0.15) is 0 Å². The Morgan fingerprint density at radius 1 is 1.35 bits per heavy atom. The van der Waals surface area contributed by atoms with E-state index in [4.69, 9.17) is 21.1 Å². The van der Waals surface area contributed by atoms with Crippen LogP contribution in [-0.2, 0) is 4.74 Å². The van der Waals surface area contributed by atoms with Crippen molar-refractivity contribution in [2.45, 2.75) is 32.5 Å². The molecule has 1 saturated heterocycles. The summed E-state index contributed by atoms with van der Waals surface area (Å²) in [5, 5.41) is 0.709. The molecule has 1 aromatic carbocycles. The number of nitrogens with zero attached hydrogens (tertiary/aromatic N) is 1. The van der Waals surface area contributed by atoms with Gasteiger partial charge in [0, 0.05) is 24.7 Å². The Kier molecular flexibility index (Phi) is 6.15. The summed E-state index contributed by atoms with van der Waals surface area (Å²) in [6.07, 6.45) is 1.66. The molecule has 1 heterocycles. The summed E-state index contributed by atoms with van der Waals surface area (Å²) in [5.41, 5.74) is 0. The second-order valence-electron chi connectivity index (χ2n) is 5.29. The van der Waals surface area contributed by atoms with E-state index in [-0.39, 0.29) is 0 Å². The van der Waals surface area contributed by atoms with Gasteiger partial charge in [-0.3, -0.25) is 4.90 Å². The van der Waals surface area contributed by atoms with Crippen LogP contribution in [0.25, 0.3) is 0 Å². The summed E-state index contributed by atoms with van der Waals surface area (Å²) >= 11 is 9.36. The van der Waals surface area contributed by atoms with E-state index < -0.39 is 0 Å². The Morgan fingerprint density at radius 3 is 2.70 bits per heavy atom. The smallest absolute Gasteiger partial charge is 0.133 e. The minimum absolute atomic E-state index is 0.324. The zero-order valence-electron chi connectivity index (χ0n) is 11.9. The molecule has 0 amide bonds. The highest BCUT2D eigenvalue weighted by atomic mass is 79.9. The normalized spacial score (nSPS) is 23.8. The molecule has 5 heteroatoms. The van der Waals surface area contributed by atoms with Gasteiger partial charge in [0.05, 0.1) is 23.3 Å². The van der Waals surface area contributed by atoms with E-state index in [1.807, 2.05) is 18.2 Å². The van der Waals surface area contributed by atoms with Crippen LogP contribution < -0.4 is 4.74 Å². The number of benzene rings is 1. The highest BCUT2D eigenvalue weighted by Crippen LogP contribution is 2.28. The lowest BCUT2D eigenvalue weighted by Crippen LogP contribution is -2.45. The molecule has 0 aromatic heterocycles. The van der Waals surface area contributed by atoms with Crippen molar-refractivity contribution in [1.82, 2.24) is 4.90 Å². The van der Waals surface area contributed by atoms with Gasteiger partial charge >= 0.3 is 0 Å². The van der Waals surface area contributed by atoms with Crippen LogP contribution in [0.2, 0.25) is 5.02 Å². The predicted octanol–water partition coefficient (Wildman–Crippen LogP) is 3.98. The van der Waals surface area contributed by atoms with Crippen molar-refractivity contribution in [3.63, 3.8) is 0 Å². The Labute approximate surface area is 134 Å². The SMILES string of the molecule is C[C@@H]1CN(CCCOc2ccc(Cl)cc2Br)C[C@H](C)O1. The topological polar surface area (TPSA) is 21.7 Å².